The van der Waals surface area contributed by atoms with Gasteiger partial charge < -0.3 is 4.90 Å². The molecule has 0 aliphatic rings. The predicted octanol–water partition coefficient (Wildman–Crippen LogP) is 2.74. The Morgan fingerprint density at radius 2 is 1.69 bits per heavy atom. The van der Waals surface area contributed by atoms with Gasteiger partial charge >= 0.3 is 0 Å². The van der Waals surface area contributed by atoms with Crippen LogP contribution < -0.4 is 9.62 Å². The topological polar surface area (TPSA) is 66.5 Å². The van der Waals surface area contributed by atoms with Crippen LogP contribution in [-0.2, 0) is 14.8 Å². The van der Waals surface area contributed by atoms with Crippen molar-refractivity contribution in [2.45, 2.75) is 18.7 Å². The van der Waals surface area contributed by atoms with Gasteiger partial charge in [-0.3, -0.25) is 4.79 Å². The second-order valence-electron chi connectivity index (χ2n) is 5.58. The summed E-state index contributed by atoms with van der Waals surface area (Å²) in [7, 11) is -3.91. The Hall–Kier alpha value is -2.39. The molecule has 1 N–H and O–H groups in total. The molecule has 26 heavy (non-hydrogen) atoms. The quantitative estimate of drug-likeness (QED) is 0.830. The van der Waals surface area contributed by atoms with Crippen LogP contribution >= 0.6 is 0 Å². The minimum Gasteiger partial charge on any atom is -0.311 e. The zero-order valence-electron chi connectivity index (χ0n) is 14.1. The van der Waals surface area contributed by atoms with Crippen LogP contribution in [0.25, 0.3) is 0 Å². The van der Waals surface area contributed by atoms with Crippen molar-refractivity contribution in [3.8, 4) is 0 Å². The van der Waals surface area contributed by atoms with Gasteiger partial charge in [-0.2, -0.15) is 0 Å². The predicted molar refractivity (Wildman–Crippen MR) is 90.7 cm³/mol. The molecule has 0 heterocycles. The summed E-state index contributed by atoms with van der Waals surface area (Å²) < 4.78 is 66.4. The van der Waals surface area contributed by atoms with E-state index in [1.165, 1.54) is 26.0 Å². The minimum atomic E-state index is -3.91. The number of hydrogen-bond acceptors (Lipinski definition) is 3. The third-order valence-electron chi connectivity index (χ3n) is 3.66. The molecule has 0 fully saturated rings. The Kier molecular flexibility index (Phi) is 6.04. The van der Waals surface area contributed by atoms with Crippen LogP contribution in [0.2, 0.25) is 0 Å². The van der Waals surface area contributed by atoms with Crippen LogP contribution in [0.15, 0.2) is 41.3 Å². The van der Waals surface area contributed by atoms with Crippen LogP contribution in [0, 0.1) is 24.4 Å². The van der Waals surface area contributed by atoms with Gasteiger partial charge in [0.2, 0.25) is 15.9 Å². The van der Waals surface area contributed by atoms with Crippen molar-refractivity contribution in [1.82, 2.24) is 4.72 Å². The molecular weight excluding hydrogens is 369 g/mol. The van der Waals surface area contributed by atoms with Gasteiger partial charge in [0.25, 0.3) is 0 Å². The first kappa shape index (κ1) is 19.9. The van der Waals surface area contributed by atoms with Crippen LogP contribution in [0.1, 0.15) is 12.5 Å². The summed E-state index contributed by atoms with van der Waals surface area (Å²) in [4.78, 5) is 12.7. The molecule has 0 unspecified atom stereocenters. The Bertz CT molecular complexity index is 933. The van der Waals surface area contributed by atoms with Crippen molar-refractivity contribution in [2.24, 2.45) is 0 Å². The SMILES string of the molecule is CC(=O)N(CCNS(=O)(=O)c1ccc(F)c(C)c1)c1ccc(F)c(F)c1. The molecule has 0 atom stereocenters. The maximum Gasteiger partial charge on any atom is 0.240 e. The molecule has 0 aromatic heterocycles. The van der Waals surface area contributed by atoms with E-state index in [0.29, 0.717) is 0 Å². The molecule has 0 bridgehead atoms. The lowest BCUT2D eigenvalue weighted by Gasteiger charge is -2.21. The highest BCUT2D eigenvalue weighted by molar-refractivity contribution is 7.89. The van der Waals surface area contributed by atoms with E-state index in [1.54, 1.807) is 0 Å². The molecule has 0 aliphatic heterocycles. The zero-order valence-corrected chi connectivity index (χ0v) is 14.9. The van der Waals surface area contributed by atoms with E-state index >= 15 is 0 Å². The van der Waals surface area contributed by atoms with Crippen molar-refractivity contribution in [1.29, 1.82) is 0 Å². The normalized spacial score (nSPS) is 11.4. The molecule has 0 saturated heterocycles. The lowest BCUT2D eigenvalue weighted by Crippen LogP contribution is -2.37. The van der Waals surface area contributed by atoms with E-state index in [1.807, 2.05) is 0 Å². The molecule has 2 rings (SSSR count). The maximum atomic E-state index is 13.4. The third-order valence-corrected chi connectivity index (χ3v) is 5.12. The highest BCUT2D eigenvalue weighted by atomic mass is 32.2. The zero-order chi connectivity index (χ0) is 19.5. The lowest BCUT2D eigenvalue weighted by molar-refractivity contribution is -0.116. The number of nitrogens with one attached hydrogen (secondary N) is 1. The van der Waals surface area contributed by atoms with Crippen LogP contribution in [0.4, 0.5) is 18.9 Å². The van der Waals surface area contributed by atoms with Gasteiger partial charge in [-0.25, -0.2) is 26.3 Å². The molecule has 140 valence electrons. The molecule has 0 spiro atoms. The average Bonchev–Trinajstić information content (AvgIpc) is 2.56. The molecule has 0 aliphatic carbocycles. The number of nitrogens with zero attached hydrogens (tertiary/aromatic N) is 1. The number of carbonyl (C=O) groups excluding carboxylic acids is 1. The van der Waals surface area contributed by atoms with Crippen molar-refractivity contribution >= 4 is 21.6 Å². The van der Waals surface area contributed by atoms with Gasteiger partial charge in [0.1, 0.15) is 5.82 Å². The lowest BCUT2D eigenvalue weighted by atomic mass is 10.2. The molecule has 1 amide bonds. The first-order chi connectivity index (χ1) is 12.1. The summed E-state index contributed by atoms with van der Waals surface area (Å²) in [5, 5.41) is 0. The molecule has 5 nitrogen and oxygen atoms in total. The summed E-state index contributed by atoms with van der Waals surface area (Å²) in [6.07, 6.45) is 0. The summed E-state index contributed by atoms with van der Waals surface area (Å²) in [5.74, 6) is -3.15. The number of rotatable bonds is 6. The van der Waals surface area contributed by atoms with E-state index in [-0.39, 0.29) is 29.2 Å². The highest BCUT2D eigenvalue weighted by Gasteiger charge is 2.18. The summed E-state index contributed by atoms with van der Waals surface area (Å²) in [6, 6.07) is 6.32. The first-order valence-corrected chi connectivity index (χ1v) is 9.09. The van der Waals surface area contributed by atoms with Gasteiger partial charge in [-0.15, -0.1) is 0 Å². The van der Waals surface area contributed by atoms with Gasteiger partial charge in [0.15, 0.2) is 11.6 Å². The average molecular weight is 386 g/mol. The summed E-state index contributed by atoms with van der Waals surface area (Å²) in [6.45, 7) is 2.39. The number of sulfonamides is 1. The van der Waals surface area contributed by atoms with Gasteiger partial charge in [0, 0.05) is 31.8 Å². The fourth-order valence-corrected chi connectivity index (χ4v) is 3.39. The summed E-state index contributed by atoms with van der Waals surface area (Å²) >= 11 is 0. The standard InChI is InChI=1S/C17H17F3N2O3S/c1-11-9-14(4-6-15(11)18)26(24,25)21-7-8-22(12(2)23)13-3-5-16(19)17(20)10-13/h3-6,9-10,21H,7-8H2,1-2H3. The minimum absolute atomic E-state index is 0.0974. The second kappa shape index (κ2) is 7.88. The highest BCUT2D eigenvalue weighted by Crippen LogP contribution is 2.18. The van der Waals surface area contributed by atoms with Crippen molar-refractivity contribution in [3.05, 3.63) is 59.4 Å². The van der Waals surface area contributed by atoms with E-state index < -0.39 is 33.4 Å². The number of carbonyl (C=O) groups is 1. The fraction of sp³-hybridized carbons (Fsp3) is 0.235. The largest absolute Gasteiger partial charge is 0.311 e. The number of aryl methyl sites for hydroxylation is 1. The van der Waals surface area contributed by atoms with Crippen molar-refractivity contribution < 1.29 is 26.4 Å². The van der Waals surface area contributed by atoms with Crippen LogP contribution in [0.3, 0.4) is 0 Å². The number of halogens is 3. The van der Waals surface area contributed by atoms with Crippen LogP contribution in [0.5, 0.6) is 0 Å². The molecule has 9 heteroatoms. The molecule has 2 aromatic rings. The van der Waals surface area contributed by atoms with Crippen molar-refractivity contribution in [3.63, 3.8) is 0 Å². The molecule has 0 saturated carbocycles. The number of amides is 1. The second-order valence-corrected chi connectivity index (χ2v) is 7.34. The van der Waals surface area contributed by atoms with E-state index in [9.17, 15) is 26.4 Å². The maximum absolute atomic E-state index is 13.4. The molecular formula is C17H17F3N2O3S. The Morgan fingerprint density at radius 1 is 1.04 bits per heavy atom. The first-order valence-electron chi connectivity index (χ1n) is 7.61. The monoisotopic (exact) mass is 386 g/mol. The number of hydrogen-bond donors (Lipinski definition) is 1. The van der Waals surface area contributed by atoms with Gasteiger partial charge in [0.05, 0.1) is 4.90 Å². The summed E-state index contributed by atoms with van der Waals surface area (Å²) in [5.41, 5.74) is 0.285. The Morgan fingerprint density at radius 3 is 2.27 bits per heavy atom. The molecule has 0 radical (unpaired) electrons. The smallest absolute Gasteiger partial charge is 0.240 e. The Balaban J connectivity index is 2.10. The van der Waals surface area contributed by atoms with Gasteiger partial charge in [-0.05, 0) is 42.8 Å². The van der Waals surface area contributed by atoms with Crippen LogP contribution in [-0.4, -0.2) is 27.4 Å². The van der Waals surface area contributed by atoms with Crippen molar-refractivity contribution in [2.75, 3.05) is 18.0 Å². The number of anilines is 1. The number of benzene rings is 2. The van der Waals surface area contributed by atoms with Gasteiger partial charge in [-0.1, -0.05) is 0 Å². The Labute approximate surface area is 149 Å². The van der Waals surface area contributed by atoms with E-state index in [2.05, 4.69) is 4.72 Å². The third kappa shape index (κ3) is 4.61. The molecule has 2 aromatic carbocycles. The fourth-order valence-electron chi connectivity index (χ4n) is 2.28. The van der Waals surface area contributed by atoms with E-state index in [4.69, 9.17) is 0 Å². The van der Waals surface area contributed by atoms with E-state index in [0.717, 1.165) is 29.2 Å².